The fourth-order valence-corrected chi connectivity index (χ4v) is 3.29. The summed E-state index contributed by atoms with van der Waals surface area (Å²) >= 11 is 0. The van der Waals surface area contributed by atoms with Crippen LogP contribution in [0.5, 0.6) is 0 Å². The summed E-state index contributed by atoms with van der Waals surface area (Å²) < 4.78 is 0. The highest BCUT2D eigenvalue weighted by Crippen LogP contribution is 2.31. The van der Waals surface area contributed by atoms with Crippen LogP contribution in [0.3, 0.4) is 0 Å². The summed E-state index contributed by atoms with van der Waals surface area (Å²) in [7, 11) is 0. The molecule has 140 valence electrons. The third-order valence-corrected chi connectivity index (χ3v) is 4.73. The van der Waals surface area contributed by atoms with Gasteiger partial charge in [0, 0.05) is 35.3 Å². The van der Waals surface area contributed by atoms with Crippen molar-refractivity contribution in [3.05, 3.63) is 89.5 Å². The Balaban J connectivity index is 2.04. The predicted octanol–water partition coefficient (Wildman–Crippen LogP) is 5.46. The van der Waals surface area contributed by atoms with Gasteiger partial charge in [-0.05, 0) is 62.6 Å². The first-order valence-electron chi connectivity index (χ1n) is 9.38. The Bertz CT molecular complexity index is 1040. The number of pyridine rings is 1. The Kier molecular flexibility index (Phi) is 5.91. The van der Waals surface area contributed by atoms with Crippen molar-refractivity contribution in [1.82, 2.24) is 9.88 Å². The second-order valence-corrected chi connectivity index (χ2v) is 6.87. The maximum Gasteiger partial charge on any atom is 0.143 e. The van der Waals surface area contributed by atoms with Crippen molar-refractivity contribution >= 4 is 17.0 Å². The topological polar surface area (TPSA) is 28.5 Å². The van der Waals surface area contributed by atoms with Crippen molar-refractivity contribution in [2.75, 3.05) is 6.54 Å². The van der Waals surface area contributed by atoms with Gasteiger partial charge in [0.05, 0.1) is 6.54 Å². The van der Waals surface area contributed by atoms with Crippen LogP contribution in [0.1, 0.15) is 37.6 Å². The highest BCUT2D eigenvalue weighted by atomic mass is 15.2. The van der Waals surface area contributed by atoms with Crippen LogP contribution in [0.15, 0.2) is 77.6 Å². The molecule has 0 aliphatic carbocycles. The molecule has 0 unspecified atom stereocenters. The van der Waals surface area contributed by atoms with Crippen molar-refractivity contribution in [2.24, 2.45) is 4.99 Å². The monoisotopic (exact) mass is 367 g/mol. The second-order valence-electron chi connectivity index (χ2n) is 6.87. The molecule has 1 aromatic heterocycles. The van der Waals surface area contributed by atoms with Gasteiger partial charge in [-0.15, -0.1) is 0 Å². The molecule has 0 spiro atoms. The number of fused-ring (bicyclic) bond motifs is 1. The van der Waals surface area contributed by atoms with E-state index in [1.807, 2.05) is 18.3 Å². The lowest BCUT2D eigenvalue weighted by atomic mass is 9.92. The Labute approximate surface area is 167 Å². The van der Waals surface area contributed by atoms with E-state index in [1.165, 1.54) is 5.57 Å². The molecule has 0 atom stereocenters. The van der Waals surface area contributed by atoms with Crippen molar-refractivity contribution in [3.63, 3.8) is 0 Å². The molecular formula is C25H25N3. The minimum atomic E-state index is 0.662. The van der Waals surface area contributed by atoms with E-state index in [1.54, 1.807) is 6.08 Å². The van der Waals surface area contributed by atoms with Gasteiger partial charge in [-0.2, -0.15) is 4.99 Å². The maximum absolute atomic E-state index is 4.69. The summed E-state index contributed by atoms with van der Waals surface area (Å²) in [6, 6.07) is 5.03. The molecule has 0 saturated carbocycles. The molecule has 0 bridgehead atoms. The van der Waals surface area contributed by atoms with Gasteiger partial charge in [0.25, 0.3) is 0 Å². The van der Waals surface area contributed by atoms with E-state index in [2.05, 4.69) is 91.6 Å². The molecule has 3 heterocycles. The van der Waals surface area contributed by atoms with E-state index in [-0.39, 0.29) is 0 Å². The van der Waals surface area contributed by atoms with Crippen molar-refractivity contribution < 1.29 is 0 Å². The van der Waals surface area contributed by atoms with Gasteiger partial charge in [0.2, 0.25) is 0 Å². The minimum absolute atomic E-state index is 0.662. The smallest absolute Gasteiger partial charge is 0.143 e. The van der Waals surface area contributed by atoms with Crippen LogP contribution in [0, 0.1) is 18.9 Å². The zero-order valence-corrected chi connectivity index (χ0v) is 17.0. The average molecular weight is 367 g/mol. The minimum Gasteiger partial charge on any atom is -0.320 e. The number of hydrogen-bond acceptors (Lipinski definition) is 3. The summed E-state index contributed by atoms with van der Waals surface area (Å²) in [6.45, 7) is 12.8. The van der Waals surface area contributed by atoms with Crippen LogP contribution in [-0.4, -0.2) is 22.3 Å². The molecule has 0 amide bonds. The molecule has 0 fully saturated rings. The number of aliphatic imine (C=N–C) groups is 1. The second kappa shape index (κ2) is 8.54. The van der Waals surface area contributed by atoms with Gasteiger partial charge >= 0.3 is 0 Å². The number of allylic oxidation sites excluding steroid dienone is 9. The maximum atomic E-state index is 4.69. The molecule has 0 radical (unpaired) electrons. The number of amidine groups is 1. The molecule has 0 aromatic carbocycles. The van der Waals surface area contributed by atoms with Crippen LogP contribution in [0.25, 0.3) is 11.1 Å². The van der Waals surface area contributed by atoms with E-state index in [9.17, 15) is 0 Å². The first kappa shape index (κ1) is 19.4. The molecule has 28 heavy (non-hydrogen) atoms. The number of hydrogen-bond donors (Lipinski definition) is 0. The molecule has 0 N–H and O–H groups in total. The number of nitrogens with zero attached hydrogens (tertiary/aromatic N) is 3. The van der Waals surface area contributed by atoms with Gasteiger partial charge in [-0.1, -0.05) is 42.4 Å². The zero-order valence-electron chi connectivity index (χ0n) is 17.0. The van der Waals surface area contributed by atoms with Crippen LogP contribution in [-0.2, 0) is 0 Å². The van der Waals surface area contributed by atoms with Gasteiger partial charge in [-0.3, -0.25) is 4.98 Å². The number of aromatic nitrogens is 1. The third-order valence-electron chi connectivity index (χ3n) is 4.73. The van der Waals surface area contributed by atoms with E-state index in [4.69, 9.17) is 0 Å². The zero-order chi connectivity index (χ0) is 20.1. The highest BCUT2D eigenvalue weighted by molar-refractivity contribution is 5.99. The van der Waals surface area contributed by atoms with E-state index in [0.717, 1.165) is 39.4 Å². The van der Waals surface area contributed by atoms with Crippen LogP contribution in [0.2, 0.25) is 0 Å². The van der Waals surface area contributed by atoms with Gasteiger partial charge in [0.15, 0.2) is 0 Å². The fraction of sp³-hybridized carbons (Fsp3) is 0.200. The van der Waals surface area contributed by atoms with Crippen molar-refractivity contribution in [1.29, 1.82) is 0 Å². The molecule has 0 saturated heterocycles. The van der Waals surface area contributed by atoms with Gasteiger partial charge in [0.1, 0.15) is 5.84 Å². The van der Waals surface area contributed by atoms with Crippen LogP contribution >= 0.6 is 0 Å². The lowest BCUT2D eigenvalue weighted by Gasteiger charge is -2.25. The third kappa shape index (κ3) is 3.97. The lowest BCUT2D eigenvalue weighted by molar-refractivity contribution is 0.625. The quantitative estimate of drug-likeness (QED) is 0.511. The summed E-state index contributed by atoms with van der Waals surface area (Å²) in [4.78, 5) is 11.0. The molecule has 3 heteroatoms. The Morgan fingerprint density at radius 1 is 1.29 bits per heavy atom. The predicted molar refractivity (Wildman–Crippen MR) is 119 cm³/mol. The van der Waals surface area contributed by atoms with E-state index >= 15 is 0 Å². The first-order valence-corrected chi connectivity index (χ1v) is 9.38. The summed E-state index contributed by atoms with van der Waals surface area (Å²) in [5, 5.41) is 0. The molecule has 1 aromatic rings. The SMILES string of the molecule is C=C/C=C\C(=C(C)C)c1cnc(C)c(/C(=C\C)C2=CN3CC#CN=C3C=C2)c1. The first-order chi connectivity index (χ1) is 13.5. The van der Waals surface area contributed by atoms with E-state index in [0.29, 0.717) is 6.54 Å². The highest BCUT2D eigenvalue weighted by Gasteiger charge is 2.18. The largest absolute Gasteiger partial charge is 0.320 e. The lowest BCUT2D eigenvalue weighted by Crippen LogP contribution is -2.28. The van der Waals surface area contributed by atoms with Gasteiger partial charge < -0.3 is 4.90 Å². The van der Waals surface area contributed by atoms with Gasteiger partial charge in [-0.25, -0.2) is 0 Å². The standard InChI is InChI=1S/C25H25N3/c1-6-8-10-23(18(3)4)21-15-24(19(5)27-16-21)22(7-2)20-11-12-25-26-13-9-14-28(25)17-20/h6-8,10-12,15-17H,1,14H2,2-5H3/b10-8-,22-7-. The van der Waals surface area contributed by atoms with E-state index < -0.39 is 0 Å². The molecule has 2 aliphatic heterocycles. The Morgan fingerprint density at radius 3 is 2.82 bits per heavy atom. The summed E-state index contributed by atoms with van der Waals surface area (Å²) in [5.74, 6) is 3.92. The van der Waals surface area contributed by atoms with Crippen LogP contribution in [0.4, 0.5) is 0 Å². The average Bonchev–Trinajstić information content (AvgIpc) is 2.70. The summed E-state index contributed by atoms with van der Waals surface area (Å²) in [5.41, 5.74) is 7.92. The van der Waals surface area contributed by atoms with Crippen molar-refractivity contribution in [2.45, 2.75) is 27.7 Å². The Hall–Kier alpha value is -3.38. The normalized spacial score (nSPS) is 15.4. The fourth-order valence-electron chi connectivity index (χ4n) is 3.29. The molecule has 3 rings (SSSR count). The summed E-state index contributed by atoms with van der Waals surface area (Å²) in [6.07, 6.45) is 16.2. The molecule has 2 aliphatic rings. The van der Waals surface area contributed by atoms with Crippen molar-refractivity contribution in [3.8, 4) is 12.0 Å². The Morgan fingerprint density at radius 2 is 2.11 bits per heavy atom. The number of rotatable bonds is 5. The molecule has 3 nitrogen and oxygen atoms in total. The number of aryl methyl sites for hydroxylation is 1. The van der Waals surface area contributed by atoms with Crippen LogP contribution < -0.4 is 0 Å². The molecular weight excluding hydrogens is 342 g/mol.